The molecule has 2 aromatic carbocycles. The highest BCUT2D eigenvalue weighted by Crippen LogP contribution is 2.40. The van der Waals surface area contributed by atoms with Crippen LogP contribution < -0.4 is 5.32 Å². The number of nitrogens with zero attached hydrogens (tertiary/aromatic N) is 3. The fraction of sp³-hybridized carbons (Fsp3) is 0.200. The van der Waals surface area contributed by atoms with Crippen LogP contribution >= 0.6 is 23.4 Å². The lowest BCUT2D eigenvalue weighted by Crippen LogP contribution is -2.34. The number of pyridine rings is 1. The summed E-state index contributed by atoms with van der Waals surface area (Å²) in [6, 6.07) is 16.4. The van der Waals surface area contributed by atoms with Crippen molar-refractivity contribution in [3.05, 3.63) is 94.4 Å². The zero-order valence-corrected chi connectivity index (χ0v) is 20.2. The summed E-state index contributed by atoms with van der Waals surface area (Å²) in [7, 11) is 1.63. The molecular weight excluding hydrogens is 475 g/mol. The quantitative estimate of drug-likeness (QED) is 0.463. The van der Waals surface area contributed by atoms with Crippen LogP contribution in [0.25, 0.3) is 0 Å². The van der Waals surface area contributed by atoms with Crippen LogP contribution in [-0.2, 0) is 10.3 Å². The van der Waals surface area contributed by atoms with Crippen LogP contribution in [0.2, 0.25) is 5.02 Å². The number of nitrogens with one attached hydrogen (secondary N) is 1. The number of carbonyl (C=O) groups is 1. The fourth-order valence-corrected chi connectivity index (χ4v) is 4.30. The molecule has 0 spiro atoms. The Morgan fingerprint density at radius 1 is 1.15 bits per heavy atom. The van der Waals surface area contributed by atoms with Crippen molar-refractivity contribution in [1.29, 1.82) is 0 Å². The Morgan fingerprint density at radius 3 is 2.56 bits per heavy atom. The van der Waals surface area contributed by atoms with Gasteiger partial charge in [-0.2, -0.15) is 0 Å². The van der Waals surface area contributed by atoms with Gasteiger partial charge in [-0.25, -0.2) is 19.4 Å². The number of rotatable bonds is 7. The highest BCUT2D eigenvalue weighted by Gasteiger charge is 2.42. The van der Waals surface area contributed by atoms with Crippen molar-refractivity contribution in [2.45, 2.75) is 12.0 Å². The Bertz CT molecular complexity index is 1250. The van der Waals surface area contributed by atoms with E-state index < -0.39 is 5.54 Å². The molecule has 1 atom stereocenters. The van der Waals surface area contributed by atoms with Crippen LogP contribution in [0.1, 0.15) is 27.9 Å². The van der Waals surface area contributed by atoms with Crippen LogP contribution in [0.15, 0.2) is 76.8 Å². The average molecular weight is 497 g/mol. The molecule has 0 aliphatic carbocycles. The molecule has 1 aliphatic heterocycles. The Kier molecular flexibility index (Phi) is 7.41. The number of aliphatic imine (C=N–C) groups is 2. The van der Waals surface area contributed by atoms with Crippen LogP contribution in [-0.4, -0.2) is 41.7 Å². The van der Waals surface area contributed by atoms with Gasteiger partial charge in [0.1, 0.15) is 17.2 Å². The van der Waals surface area contributed by atoms with Gasteiger partial charge in [-0.15, -0.1) is 0 Å². The molecule has 0 radical (unpaired) electrons. The molecule has 0 fully saturated rings. The first-order valence-electron chi connectivity index (χ1n) is 10.5. The van der Waals surface area contributed by atoms with Crippen molar-refractivity contribution in [1.82, 2.24) is 4.98 Å². The minimum absolute atomic E-state index is 0.306. The number of hydrogen-bond acceptors (Lipinski definition) is 6. The Morgan fingerprint density at radius 2 is 1.88 bits per heavy atom. The zero-order valence-electron chi connectivity index (χ0n) is 18.6. The topological polar surface area (TPSA) is 75.9 Å². The van der Waals surface area contributed by atoms with Gasteiger partial charge in [-0.05, 0) is 65.9 Å². The fourth-order valence-electron chi connectivity index (χ4n) is 3.75. The van der Waals surface area contributed by atoms with Crippen molar-refractivity contribution in [3.8, 4) is 0 Å². The lowest BCUT2D eigenvalue weighted by Gasteiger charge is -2.29. The van der Waals surface area contributed by atoms with Gasteiger partial charge in [-0.3, -0.25) is 4.79 Å². The molecule has 34 heavy (non-hydrogen) atoms. The molecular formula is C25H22ClFN4O2S. The molecule has 3 aromatic rings. The second kappa shape index (κ2) is 10.5. The molecule has 6 nitrogen and oxygen atoms in total. The third-order valence-electron chi connectivity index (χ3n) is 5.44. The summed E-state index contributed by atoms with van der Waals surface area (Å²) < 4.78 is 19.0. The number of carbonyl (C=O) groups excluding carboxylic acids is 1. The average Bonchev–Trinajstić information content (AvgIpc) is 3.24. The smallest absolute Gasteiger partial charge is 0.256 e. The van der Waals surface area contributed by atoms with E-state index in [1.165, 1.54) is 23.9 Å². The van der Waals surface area contributed by atoms with E-state index in [-0.39, 0.29) is 11.7 Å². The van der Waals surface area contributed by atoms with E-state index >= 15 is 0 Å². The van der Waals surface area contributed by atoms with Crippen molar-refractivity contribution in [3.63, 3.8) is 0 Å². The molecule has 0 bridgehead atoms. The summed E-state index contributed by atoms with van der Waals surface area (Å²) >= 11 is 7.35. The molecule has 2 heterocycles. The van der Waals surface area contributed by atoms with E-state index in [0.717, 1.165) is 11.1 Å². The van der Waals surface area contributed by atoms with E-state index in [4.69, 9.17) is 26.3 Å². The maximum absolute atomic E-state index is 13.6. The van der Waals surface area contributed by atoms with Gasteiger partial charge in [0, 0.05) is 36.9 Å². The molecule has 1 N–H and O–H groups in total. The summed E-state index contributed by atoms with van der Waals surface area (Å²) in [6.45, 7) is 0.417. The second-order valence-electron chi connectivity index (χ2n) is 7.56. The largest absolute Gasteiger partial charge is 0.385 e. The van der Waals surface area contributed by atoms with Gasteiger partial charge in [-0.1, -0.05) is 35.5 Å². The number of anilines is 1. The van der Waals surface area contributed by atoms with E-state index in [0.29, 0.717) is 40.3 Å². The van der Waals surface area contributed by atoms with Crippen LogP contribution in [0.3, 0.4) is 0 Å². The summed E-state index contributed by atoms with van der Waals surface area (Å²) in [5.41, 5.74) is 1.82. The number of thioether (sulfide) groups is 1. The number of ether oxygens (including phenoxy) is 1. The normalized spacial score (nSPS) is 17.3. The molecule has 9 heteroatoms. The summed E-state index contributed by atoms with van der Waals surface area (Å²) in [4.78, 5) is 26.8. The number of amidine groups is 1. The molecule has 0 saturated heterocycles. The summed E-state index contributed by atoms with van der Waals surface area (Å²) in [6.07, 6.45) is 4.02. The molecule has 4 rings (SSSR count). The van der Waals surface area contributed by atoms with Crippen molar-refractivity contribution in [2.75, 3.05) is 25.3 Å². The monoisotopic (exact) mass is 496 g/mol. The molecule has 1 unspecified atom stereocenters. The predicted molar refractivity (Wildman–Crippen MR) is 136 cm³/mol. The first kappa shape index (κ1) is 24.1. The third-order valence-corrected chi connectivity index (χ3v) is 6.24. The van der Waals surface area contributed by atoms with Crippen LogP contribution in [0, 0.1) is 5.82 Å². The second-order valence-corrected chi connectivity index (χ2v) is 8.77. The Hall–Kier alpha value is -3.07. The number of halogens is 2. The highest BCUT2D eigenvalue weighted by molar-refractivity contribution is 8.13. The Labute approximate surface area is 206 Å². The van der Waals surface area contributed by atoms with Gasteiger partial charge in [0.25, 0.3) is 5.91 Å². The van der Waals surface area contributed by atoms with Crippen molar-refractivity contribution in [2.24, 2.45) is 9.98 Å². The lowest BCUT2D eigenvalue weighted by molar-refractivity contribution is 0.102. The minimum atomic E-state index is -0.880. The van der Waals surface area contributed by atoms with E-state index in [1.54, 1.807) is 55.8 Å². The maximum atomic E-state index is 13.6. The number of amides is 1. The van der Waals surface area contributed by atoms with Gasteiger partial charge in [0.05, 0.1) is 5.71 Å². The predicted octanol–water partition coefficient (Wildman–Crippen LogP) is 5.58. The third kappa shape index (κ3) is 5.04. The van der Waals surface area contributed by atoms with E-state index in [2.05, 4.69) is 10.3 Å². The van der Waals surface area contributed by atoms with E-state index in [1.807, 2.05) is 12.3 Å². The first-order chi connectivity index (χ1) is 16.4. The van der Waals surface area contributed by atoms with Gasteiger partial charge < -0.3 is 10.1 Å². The number of aromatic nitrogens is 1. The summed E-state index contributed by atoms with van der Waals surface area (Å²) in [5.74, 6) is -0.258. The molecule has 1 aromatic heterocycles. The lowest BCUT2D eigenvalue weighted by atomic mass is 9.80. The van der Waals surface area contributed by atoms with E-state index in [9.17, 15) is 9.18 Å². The SMILES string of the molecule is COCCC1(c2ccnc(NC(=O)c3ccc(Cl)cc3)c2)N=C(SC)N=C1c1ccc(F)cc1. The van der Waals surface area contributed by atoms with Crippen LogP contribution in [0.4, 0.5) is 10.2 Å². The minimum Gasteiger partial charge on any atom is -0.385 e. The highest BCUT2D eigenvalue weighted by atomic mass is 35.5. The first-order valence-corrected chi connectivity index (χ1v) is 12.1. The Balaban J connectivity index is 1.74. The maximum Gasteiger partial charge on any atom is 0.256 e. The standard InChI is InChI=1S/C25H22ClFN4O2S/c1-33-14-12-25(22(30-24(31-25)34-2)16-5-9-20(27)10-6-16)18-11-13-28-21(15-18)29-23(32)17-3-7-19(26)8-4-17/h3-11,13,15H,12,14H2,1-2H3,(H,28,29,32). The van der Waals surface area contributed by atoms with Gasteiger partial charge in [0.15, 0.2) is 5.17 Å². The number of benzene rings is 2. The van der Waals surface area contributed by atoms with Gasteiger partial charge >= 0.3 is 0 Å². The number of methoxy groups -OCH3 is 1. The van der Waals surface area contributed by atoms with Gasteiger partial charge in [0.2, 0.25) is 0 Å². The van der Waals surface area contributed by atoms with Crippen molar-refractivity contribution < 1.29 is 13.9 Å². The molecule has 0 saturated carbocycles. The number of hydrogen-bond donors (Lipinski definition) is 1. The van der Waals surface area contributed by atoms with Crippen molar-refractivity contribution >= 4 is 46.0 Å². The molecule has 174 valence electrons. The summed E-state index contributed by atoms with van der Waals surface area (Å²) in [5, 5.41) is 3.99. The zero-order chi connectivity index (χ0) is 24.1. The molecule has 1 amide bonds. The van der Waals surface area contributed by atoms with Crippen LogP contribution in [0.5, 0.6) is 0 Å². The molecule has 1 aliphatic rings.